The summed E-state index contributed by atoms with van der Waals surface area (Å²) in [6.45, 7) is 7.74. The molecule has 0 heterocycles. The standard InChI is InChI=1S/C18H21NO2/c1-12-9-7-10-16(14(12)3)19-18(20)15(4)21-17-11-6-5-8-13(17)2/h5-11,15H,1-4H3,(H,19,20)/t15-/m0/s1. The van der Waals surface area contributed by atoms with Gasteiger partial charge in [0.1, 0.15) is 5.75 Å². The Kier molecular flexibility index (Phi) is 4.63. The van der Waals surface area contributed by atoms with E-state index in [9.17, 15) is 4.79 Å². The van der Waals surface area contributed by atoms with Gasteiger partial charge < -0.3 is 10.1 Å². The molecule has 0 aromatic heterocycles. The van der Waals surface area contributed by atoms with Crippen LogP contribution >= 0.6 is 0 Å². The van der Waals surface area contributed by atoms with E-state index in [0.29, 0.717) is 0 Å². The number of carbonyl (C=O) groups is 1. The Labute approximate surface area is 126 Å². The van der Waals surface area contributed by atoms with Crippen LogP contribution in [0.15, 0.2) is 42.5 Å². The van der Waals surface area contributed by atoms with Crippen LogP contribution in [0.2, 0.25) is 0 Å². The number of benzene rings is 2. The monoisotopic (exact) mass is 283 g/mol. The summed E-state index contributed by atoms with van der Waals surface area (Å²) in [5.74, 6) is 0.591. The molecule has 21 heavy (non-hydrogen) atoms. The van der Waals surface area contributed by atoms with Crippen molar-refractivity contribution < 1.29 is 9.53 Å². The zero-order valence-electron chi connectivity index (χ0n) is 12.9. The quantitative estimate of drug-likeness (QED) is 0.920. The molecule has 0 aliphatic carbocycles. The first-order chi connectivity index (χ1) is 9.99. The highest BCUT2D eigenvalue weighted by atomic mass is 16.5. The molecule has 2 aromatic rings. The fourth-order valence-corrected chi connectivity index (χ4v) is 2.05. The molecule has 0 radical (unpaired) electrons. The van der Waals surface area contributed by atoms with Crippen LogP contribution in [-0.2, 0) is 4.79 Å². The fourth-order valence-electron chi connectivity index (χ4n) is 2.05. The minimum atomic E-state index is -0.550. The van der Waals surface area contributed by atoms with Gasteiger partial charge in [0.05, 0.1) is 0 Å². The molecular formula is C18H21NO2. The number of anilines is 1. The molecule has 2 rings (SSSR count). The Balaban J connectivity index is 2.06. The lowest BCUT2D eigenvalue weighted by Gasteiger charge is -2.17. The maximum absolute atomic E-state index is 12.3. The predicted octanol–water partition coefficient (Wildman–Crippen LogP) is 4.02. The number of nitrogens with one attached hydrogen (secondary N) is 1. The summed E-state index contributed by atoms with van der Waals surface area (Å²) in [4.78, 5) is 12.3. The molecule has 0 aliphatic heterocycles. The highest BCUT2D eigenvalue weighted by Gasteiger charge is 2.16. The summed E-state index contributed by atoms with van der Waals surface area (Å²) in [5.41, 5.74) is 4.08. The molecule has 1 atom stereocenters. The third kappa shape index (κ3) is 3.63. The minimum absolute atomic E-state index is 0.146. The summed E-state index contributed by atoms with van der Waals surface area (Å²) in [5, 5.41) is 2.93. The molecule has 0 aliphatic rings. The summed E-state index contributed by atoms with van der Waals surface area (Å²) < 4.78 is 5.74. The first kappa shape index (κ1) is 15.1. The van der Waals surface area contributed by atoms with Crippen LogP contribution in [-0.4, -0.2) is 12.0 Å². The Bertz CT molecular complexity index is 649. The van der Waals surface area contributed by atoms with Crippen molar-refractivity contribution >= 4 is 11.6 Å². The number of aryl methyl sites for hydroxylation is 2. The highest BCUT2D eigenvalue weighted by Crippen LogP contribution is 2.20. The van der Waals surface area contributed by atoms with Gasteiger partial charge >= 0.3 is 0 Å². The van der Waals surface area contributed by atoms with Crippen molar-refractivity contribution in [1.29, 1.82) is 0 Å². The van der Waals surface area contributed by atoms with E-state index < -0.39 is 6.10 Å². The zero-order valence-corrected chi connectivity index (χ0v) is 12.9. The number of hydrogen-bond acceptors (Lipinski definition) is 2. The van der Waals surface area contributed by atoms with Gasteiger partial charge in [-0.25, -0.2) is 0 Å². The summed E-state index contributed by atoms with van der Waals surface area (Å²) >= 11 is 0. The molecule has 110 valence electrons. The molecule has 2 aromatic carbocycles. The van der Waals surface area contributed by atoms with E-state index in [-0.39, 0.29) is 5.91 Å². The average Bonchev–Trinajstić information content (AvgIpc) is 2.46. The number of ether oxygens (including phenoxy) is 1. The summed E-state index contributed by atoms with van der Waals surface area (Å²) in [6, 6.07) is 13.5. The second kappa shape index (κ2) is 6.44. The molecule has 0 fully saturated rings. The van der Waals surface area contributed by atoms with E-state index in [1.807, 2.05) is 63.2 Å². The summed E-state index contributed by atoms with van der Waals surface area (Å²) in [7, 11) is 0. The maximum atomic E-state index is 12.3. The first-order valence-electron chi connectivity index (χ1n) is 7.08. The SMILES string of the molecule is Cc1ccccc1O[C@@H](C)C(=O)Nc1cccc(C)c1C. The Hall–Kier alpha value is -2.29. The van der Waals surface area contributed by atoms with Gasteiger partial charge in [-0.15, -0.1) is 0 Å². The van der Waals surface area contributed by atoms with Gasteiger partial charge in [-0.2, -0.15) is 0 Å². The highest BCUT2D eigenvalue weighted by molar-refractivity contribution is 5.94. The number of carbonyl (C=O) groups excluding carboxylic acids is 1. The molecule has 3 nitrogen and oxygen atoms in total. The lowest BCUT2D eigenvalue weighted by Crippen LogP contribution is -2.30. The third-order valence-electron chi connectivity index (χ3n) is 3.63. The van der Waals surface area contributed by atoms with Crippen LogP contribution in [0.1, 0.15) is 23.6 Å². The summed E-state index contributed by atoms with van der Waals surface area (Å²) in [6.07, 6.45) is -0.550. The van der Waals surface area contributed by atoms with Crippen molar-refractivity contribution in [3.05, 3.63) is 59.2 Å². The Morgan fingerprint density at radius 3 is 2.38 bits per heavy atom. The Morgan fingerprint density at radius 1 is 1.00 bits per heavy atom. The van der Waals surface area contributed by atoms with Crippen molar-refractivity contribution in [3.63, 3.8) is 0 Å². The van der Waals surface area contributed by atoms with Gasteiger partial charge in [-0.1, -0.05) is 30.3 Å². The second-order valence-corrected chi connectivity index (χ2v) is 5.26. The number of para-hydroxylation sites is 1. The minimum Gasteiger partial charge on any atom is -0.481 e. The molecule has 3 heteroatoms. The largest absolute Gasteiger partial charge is 0.481 e. The van der Waals surface area contributed by atoms with Crippen LogP contribution in [0, 0.1) is 20.8 Å². The molecule has 0 saturated carbocycles. The topological polar surface area (TPSA) is 38.3 Å². The smallest absolute Gasteiger partial charge is 0.265 e. The van der Waals surface area contributed by atoms with Crippen LogP contribution in [0.25, 0.3) is 0 Å². The molecule has 1 amide bonds. The van der Waals surface area contributed by atoms with E-state index in [4.69, 9.17) is 4.74 Å². The molecular weight excluding hydrogens is 262 g/mol. The fraction of sp³-hybridized carbons (Fsp3) is 0.278. The van der Waals surface area contributed by atoms with Crippen molar-refractivity contribution in [2.45, 2.75) is 33.8 Å². The lowest BCUT2D eigenvalue weighted by molar-refractivity contribution is -0.122. The van der Waals surface area contributed by atoms with Crippen LogP contribution < -0.4 is 10.1 Å². The van der Waals surface area contributed by atoms with E-state index in [1.54, 1.807) is 6.92 Å². The van der Waals surface area contributed by atoms with Crippen LogP contribution in [0.4, 0.5) is 5.69 Å². The molecule has 0 unspecified atom stereocenters. The molecule has 0 spiro atoms. The van der Waals surface area contributed by atoms with Crippen molar-refractivity contribution in [1.82, 2.24) is 0 Å². The van der Waals surface area contributed by atoms with Gasteiger partial charge in [0.25, 0.3) is 5.91 Å². The van der Waals surface area contributed by atoms with E-state index in [1.165, 1.54) is 0 Å². The average molecular weight is 283 g/mol. The van der Waals surface area contributed by atoms with Crippen LogP contribution in [0.3, 0.4) is 0 Å². The first-order valence-corrected chi connectivity index (χ1v) is 7.08. The van der Waals surface area contributed by atoms with E-state index in [2.05, 4.69) is 5.32 Å². The molecule has 1 N–H and O–H groups in total. The molecule has 0 bridgehead atoms. The van der Waals surface area contributed by atoms with Gasteiger partial charge in [0, 0.05) is 5.69 Å². The maximum Gasteiger partial charge on any atom is 0.265 e. The van der Waals surface area contributed by atoms with E-state index in [0.717, 1.165) is 28.1 Å². The second-order valence-electron chi connectivity index (χ2n) is 5.26. The van der Waals surface area contributed by atoms with Gasteiger partial charge in [-0.3, -0.25) is 4.79 Å². The zero-order chi connectivity index (χ0) is 15.4. The van der Waals surface area contributed by atoms with Gasteiger partial charge in [-0.05, 0) is 56.5 Å². The third-order valence-corrected chi connectivity index (χ3v) is 3.63. The number of hydrogen-bond donors (Lipinski definition) is 1. The van der Waals surface area contributed by atoms with Gasteiger partial charge in [0.2, 0.25) is 0 Å². The van der Waals surface area contributed by atoms with Crippen LogP contribution in [0.5, 0.6) is 5.75 Å². The molecule has 0 saturated heterocycles. The van der Waals surface area contributed by atoms with Crippen molar-refractivity contribution in [2.75, 3.05) is 5.32 Å². The Morgan fingerprint density at radius 2 is 1.67 bits per heavy atom. The predicted molar refractivity (Wildman–Crippen MR) is 85.8 cm³/mol. The normalized spacial score (nSPS) is 11.8. The number of amides is 1. The number of rotatable bonds is 4. The van der Waals surface area contributed by atoms with Crippen molar-refractivity contribution in [3.8, 4) is 5.75 Å². The van der Waals surface area contributed by atoms with E-state index >= 15 is 0 Å². The lowest BCUT2D eigenvalue weighted by atomic mass is 10.1. The van der Waals surface area contributed by atoms with Gasteiger partial charge in [0.15, 0.2) is 6.10 Å². The van der Waals surface area contributed by atoms with Crippen molar-refractivity contribution in [2.24, 2.45) is 0 Å².